The molecule has 4 heterocycles. The minimum Gasteiger partial charge on any atom is -0.480 e. The number of nitrogen functional groups attached to an aromatic ring is 1. The third-order valence-electron chi connectivity index (χ3n) is 9.87. The summed E-state index contributed by atoms with van der Waals surface area (Å²) in [5.74, 6) is -1.06. The fourth-order valence-corrected chi connectivity index (χ4v) is 7.27. The first kappa shape index (κ1) is 33.5. The lowest BCUT2D eigenvalue weighted by molar-refractivity contribution is -0.198. The molecule has 11 nitrogen and oxygen atoms in total. The van der Waals surface area contributed by atoms with Gasteiger partial charge >= 0.3 is 12.1 Å². The van der Waals surface area contributed by atoms with E-state index in [1.807, 2.05) is 11.8 Å². The number of piperidine rings is 1. The minimum atomic E-state index is -4.75. The summed E-state index contributed by atoms with van der Waals surface area (Å²) >= 11 is 0. The highest BCUT2D eigenvalue weighted by atomic mass is 19.4. The Bertz CT molecular complexity index is 1610. The number of nitrogens with two attached hydrogens (primary N) is 1. The smallest absolute Gasteiger partial charge is 0.429 e. The number of hydrogen-bond acceptors (Lipinski definition) is 9. The quantitative estimate of drug-likeness (QED) is 0.275. The van der Waals surface area contributed by atoms with Crippen LogP contribution in [0.3, 0.4) is 0 Å². The van der Waals surface area contributed by atoms with E-state index in [-0.39, 0.29) is 34.8 Å². The van der Waals surface area contributed by atoms with Crippen molar-refractivity contribution in [2.24, 2.45) is 5.41 Å². The number of carboxylic acid groups (broad SMARTS) is 1. The summed E-state index contributed by atoms with van der Waals surface area (Å²) in [7, 11) is 0. The molecule has 14 heteroatoms. The van der Waals surface area contributed by atoms with Crippen molar-refractivity contribution in [3.05, 3.63) is 65.7 Å². The average Bonchev–Trinajstić information content (AvgIpc) is 3.45. The first-order valence-corrected chi connectivity index (χ1v) is 16.3. The standard InChI is InChI=1S/C34H40F3N7O4/c1-2-26-33(20-25(40-26)31(46)47)11-15-43(16-12-33)27-19-28(42-32(38)41-27)48-29(34(35,36)37)23-7-3-21(4-8-23)22-5-9-24(10-6-22)30(45)44-17-13-39-14-18-44/h3-10,19,25-26,29,39-40H,2,11-18,20H2,1H3,(H,46,47)(H2,38,41,42)/t25?,26?,29-/m1/s1. The van der Waals surface area contributed by atoms with Gasteiger partial charge in [-0.3, -0.25) is 9.59 Å². The maximum Gasteiger partial charge on any atom is 0.429 e. The van der Waals surface area contributed by atoms with Crippen molar-refractivity contribution < 1.29 is 32.6 Å². The topological polar surface area (TPSA) is 146 Å². The molecule has 1 amide bonds. The van der Waals surface area contributed by atoms with E-state index in [1.54, 1.807) is 41.3 Å². The molecule has 3 saturated heterocycles. The number of piperazine rings is 1. The summed E-state index contributed by atoms with van der Waals surface area (Å²) in [5, 5.41) is 16.0. The number of carboxylic acids is 1. The predicted octanol–water partition coefficient (Wildman–Crippen LogP) is 4.27. The molecule has 3 atom stereocenters. The van der Waals surface area contributed by atoms with Gasteiger partial charge in [0.1, 0.15) is 11.9 Å². The van der Waals surface area contributed by atoms with Gasteiger partial charge in [-0.25, -0.2) is 0 Å². The molecular formula is C34H40F3N7O4. The number of amides is 1. The fraction of sp³-hybridized carbons (Fsp3) is 0.471. The number of alkyl halides is 3. The van der Waals surface area contributed by atoms with Gasteiger partial charge in [0, 0.05) is 62.5 Å². The van der Waals surface area contributed by atoms with Crippen molar-refractivity contribution in [3.8, 4) is 17.0 Å². The summed E-state index contributed by atoms with van der Waals surface area (Å²) in [6, 6.07) is 13.8. The van der Waals surface area contributed by atoms with Crippen LogP contribution in [-0.2, 0) is 4.79 Å². The number of nitrogens with zero attached hydrogens (tertiary/aromatic N) is 4. The molecule has 256 valence electrons. The molecule has 5 N–H and O–H groups in total. The highest BCUT2D eigenvalue weighted by Crippen LogP contribution is 2.46. The Morgan fingerprint density at radius 2 is 1.65 bits per heavy atom. The Balaban J connectivity index is 1.15. The predicted molar refractivity (Wildman–Crippen MR) is 174 cm³/mol. The van der Waals surface area contributed by atoms with Crippen molar-refractivity contribution in [1.29, 1.82) is 0 Å². The summed E-state index contributed by atoms with van der Waals surface area (Å²) in [6.07, 6.45) is -4.32. The number of halogens is 3. The molecule has 3 aromatic rings. The van der Waals surface area contributed by atoms with Crippen LogP contribution in [0.25, 0.3) is 11.1 Å². The van der Waals surface area contributed by atoms with E-state index in [9.17, 15) is 27.9 Å². The SMILES string of the molecule is CCC1NC(C(=O)O)CC12CCN(c1cc(O[C@H](c3ccc(-c4ccc(C(=O)N5CCNCC5)cc4)cc3)C(F)(F)F)nc(N)n1)CC2. The van der Waals surface area contributed by atoms with Crippen LogP contribution in [0.15, 0.2) is 54.6 Å². The third kappa shape index (κ3) is 7.04. The van der Waals surface area contributed by atoms with Crippen molar-refractivity contribution in [2.45, 2.75) is 57.0 Å². The van der Waals surface area contributed by atoms with Crippen LogP contribution in [-0.4, -0.2) is 89.4 Å². The zero-order valence-corrected chi connectivity index (χ0v) is 26.7. The van der Waals surface area contributed by atoms with Crippen LogP contribution < -0.4 is 26.0 Å². The maximum atomic E-state index is 14.4. The van der Waals surface area contributed by atoms with Gasteiger partial charge in [-0.2, -0.15) is 23.1 Å². The summed E-state index contributed by atoms with van der Waals surface area (Å²) in [4.78, 5) is 36.4. The number of benzene rings is 2. The molecule has 0 saturated carbocycles. The number of aliphatic carboxylic acids is 1. The Labute approximate surface area is 276 Å². The van der Waals surface area contributed by atoms with E-state index >= 15 is 0 Å². The number of ether oxygens (including phenoxy) is 1. The van der Waals surface area contributed by atoms with Crippen LogP contribution in [0.4, 0.5) is 24.9 Å². The maximum absolute atomic E-state index is 14.4. The molecule has 0 aliphatic carbocycles. The fourth-order valence-electron chi connectivity index (χ4n) is 7.27. The number of carbonyl (C=O) groups excluding carboxylic acids is 1. The van der Waals surface area contributed by atoms with E-state index in [4.69, 9.17) is 10.5 Å². The van der Waals surface area contributed by atoms with Gasteiger partial charge in [0.15, 0.2) is 0 Å². The average molecular weight is 668 g/mol. The molecule has 3 aliphatic rings. The molecule has 0 radical (unpaired) electrons. The highest BCUT2D eigenvalue weighted by molar-refractivity contribution is 5.94. The molecule has 1 spiro atoms. The lowest BCUT2D eigenvalue weighted by atomic mass is 9.71. The minimum absolute atomic E-state index is 0.0496. The molecule has 2 aromatic carbocycles. The zero-order chi connectivity index (χ0) is 34.1. The van der Waals surface area contributed by atoms with Gasteiger partial charge in [0.2, 0.25) is 17.9 Å². The third-order valence-corrected chi connectivity index (χ3v) is 9.87. The van der Waals surface area contributed by atoms with E-state index < -0.39 is 24.3 Å². The Morgan fingerprint density at radius 3 is 2.23 bits per heavy atom. The number of rotatable bonds is 8. The van der Waals surface area contributed by atoms with Gasteiger partial charge in [-0.1, -0.05) is 43.3 Å². The van der Waals surface area contributed by atoms with Gasteiger partial charge in [0.25, 0.3) is 5.91 Å². The largest absolute Gasteiger partial charge is 0.480 e. The first-order chi connectivity index (χ1) is 23.0. The van der Waals surface area contributed by atoms with Crippen LogP contribution in [0.1, 0.15) is 54.6 Å². The van der Waals surface area contributed by atoms with Crippen LogP contribution in [0.2, 0.25) is 0 Å². The number of aromatic nitrogens is 2. The summed E-state index contributed by atoms with van der Waals surface area (Å²) < 4.78 is 48.6. The molecule has 0 bridgehead atoms. The molecule has 1 aromatic heterocycles. The number of hydrogen-bond donors (Lipinski definition) is 4. The van der Waals surface area contributed by atoms with Crippen molar-refractivity contribution in [3.63, 3.8) is 0 Å². The van der Waals surface area contributed by atoms with Crippen molar-refractivity contribution in [1.82, 2.24) is 25.5 Å². The Morgan fingerprint density at radius 1 is 1.02 bits per heavy atom. The molecule has 2 unspecified atom stereocenters. The Hall–Kier alpha value is -4.43. The Kier molecular flexibility index (Phi) is 9.48. The first-order valence-electron chi connectivity index (χ1n) is 16.3. The lowest BCUT2D eigenvalue weighted by Gasteiger charge is -2.43. The van der Waals surface area contributed by atoms with Crippen LogP contribution >= 0.6 is 0 Å². The second kappa shape index (κ2) is 13.6. The van der Waals surface area contributed by atoms with E-state index in [0.29, 0.717) is 62.4 Å². The summed E-state index contributed by atoms with van der Waals surface area (Å²) in [6.45, 7) is 5.88. The molecule has 3 fully saturated rings. The molecular weight excluding hydrogens is 627 g/mol. The second-order valence-corrected chi connectivity index (χ2v) is 12.8. The lowest BCUT2D eigenvalue weighted by Crippen LogP contribution is -2.46. The van der Waals surface area contributed by atoms with E-state index in [0.717, 1.165) is 25.1 Å². The van der Waals surface area contributed by atoms with Crippen molar-refractivity contribution >= 4 is 23.6 Å². The van der Waals surface area contributed by atoms with Crippen LogP contribution in [0.5, 0.6) is 5.88 Å². The monoisotopic (exact) mass is 667 g/mol. The van der Waals surface area contributed by atoms with E-state index in [1.165, 1.54) is 18.2 Å². The molecule has 3 aliphatic heterocycles. The normalized spacial score (nSPS) is 21.7. The molecule has 6 rings (SSSR count). The van der Waals surface area contributed by atoms with Gasteiger partial charge in [0.05, 0.1) is 0 Å². The highest BCUT2D eigenvalue weighted by Gasteiger charge is 2.50. The zero-order valence-electron chi connectivity index (χ0n) is 26.7. The van der Waals surface area contributed by atoms with Gasteiger partial charge in [-0.05, 0) is 54.4 Å². The number of nitrogens with one attached hydrogen (secondary N) is 2. The van der Waals surface area contributed by atoms with E-state index in [2.05, 4.69) is 20.6 Å². The van der Waals surface area contributed by atoms with Gasteiger partial charge in [-0.15, -0.1) is 0 Å². The number of anilines is 2. The van der Waals surface area contributed by atoms with Crippen LogP contribution in [0, 0.1) is 5.41 Å². The molecule has 48 heavy (non-hydrogen) atoms. The van der Waals surface area contributed by atoms with Gasteiger partial charge < -0.3 is 36.0 Å². The summed E-state index contributed by atoms with van der Waals surface area (Å²) in [5.41, 5.74) is 7.67. The second-order valence-electron chi connectivity index (χ2n) is 12.8. The number of carbonyl (C=O) groups is 2. The van der Waals surface area contributed by atoms with Crippen molar-refractivity contribution in [2.75, 3.05) is 49.9 Å².